The summed E-state index contributed by atoms with van der Waals surface area (Å²) < 4.78 is 27.1. The normalized spacial score (nSPS) is 31.1. The predicted octanol–water partition coefficient (Wildman–Crippen LogP) is 0.437. The number of hydrogen-bond donors (Lipinski definition) is 1. The number of carbonyl (C=O) groups is 2. The Bertz CT molecular complexity index is 884. The lowest BCUT2D eigenvalue weighted by molar-refractivity contribution is -0.135. The minimum atomic E-state index is -0.790. The van der Waals surface area contributed by atoms with Gasteiger partial charge < -0.3 is 33.9 Å². The fourth-order valence-corrected chi connectivity index (χ4v) is 4.63. The monoisotopic (exact) mass is 402 g/mol. The topological polar surface area (TPSA) is 95.6 Å². The Morgan fingerprint density at radius 3 is 2.90 bits per heavy atom. The van der Waals surface area contributed by atoms with Crippen molar-refractivity contribution in [3.05, 3.63) is 30.4 Å². The van der Waals surface area contributed by atoms with E-state index in [4.69, 9.17) is 23.7 Å². The standard InChI is InChI=1S/C20H22N2O7/c1-25-15(26-2)8-21-18(23)16-13-5-6-20(29-13)9-22(19(24)17(16)20)11-3-4-12-14(7-11)28-10-27-12/h3-7,13,15-17H,8-10H2,1-2H3,(H,21,23)/t13-,16+,17-,20+/m1/s1. The number of amides is 2. The van der Waals surface area contributed by atoms with Crippen molar-refractivity contribution in [2.24, 2.45) is 11.8 Å². The van der Waals surface area contributed by atoms with E-state index in [1.165, 1.54) is 14.2 Å². The largest absolute Gasteiger partial charge is 0.454 e. The summed E-state index contributed by atoms with van der Waals surface area (Å²) in [6, 6.07) is 5.38. The molecule has 0 unspecified atom stereocenters. The molecule has 0 saturated carbocycles. The maximum atomic E-state index is 13.3. The summed E-state index contributed by atoms with van der Waals surface area (Å²) in [6.07, 6.45) is 2.84. The summed E-state index contributed by atoms with van der Waals surface area (Å²) in [5, 5.41) is 2.82. The lowest BCUT2D eigenvalue weighted by atomic mass is 9.77. The van der Waals surface area contributed by atoms with Crippen LogP contribution in [0.4, 0.5) is 5.69 Å². The van der Waals surface area contributed by atoms with Crippen molar-refractivity contribution in [2.75, 3.05) is 39.0 Å². The van der Waals surface area contributed by atoms with Gasteiger partial charge in [-0.2, -0.15) is 0 Å². The van der Waals surface area contributed by atoms with Crippen LogP contribution >= 0.6 is 0 Å². The summed E-state index contributed by atoms with van der Waals surface area (Å²) in [6.45, 7) is 0.712. The van der Waals surface area contributed by atoms with Crippen LogP contribution < -0.4 is 19.7 Å². The Balaban J connectivity index is 1.38. The lowest BCUT2D eigenvalue weighted by Crippen LogP contribution is -2.46. The third-order valence-electron chi connectivity index (χ3n) is 6.04. The molecule has 9 heteroatoms. The zero-order valence-corrected chi connectivity index (χ0v) is 16.1. The van der Waals surface area contributed by atoms with E-state index in [0.29, 0.717) is 23.7 Å². The van der Waals surface area contributed by atoms with Crippen LogP contribution in [0.2, 0.25) is 0 Å². The summed E-state index contributed by atoms with van der Waals surface area (Å²) >= 11 is 0. The maximum Gasteiger partial charge on any atom is 0.234 e. The number of benzene rings is 1. The van der Waals surface area contributed by atoms with Gasteiger partial charge in [0.25, 0.3) is 0 Å². The molecule has 1 N–H and O–H groups in total. The first-order valence-corrected chi connectivity index (χ1v) is 9.48. The molecule has 0 aliphatic carbocycles. The van der Waals surface area contributed by atoms with Gasteiger partial charge in [0.1, 0.15) is 5.60 Å². The third kappa shape index (κ3) is 2.72. The first-order valence-electron chi connectivity index (χ1n) is 9.48. The van der Waals surface area contributed by atoms with Crippen LogP contribution in [0, 0.1) is 11.8 Å². The fraction of sp³-hybridized carbons (Fsp3) is 0.500. The highest BCUT2D eigenvalue weighted by Crippen LogP contribution is 2.53. The number of hydrogen-bond acceptors (Lipinski definition) is 7. The van der Waals surface area contributed by atoms with Gasteiger partial charge in [-0.25, -0.2) is 0 Å². The first-order chi connectivity index (χ1) is 14.1. The number of rotatable bonds is 6. The zero-order chi connectivity index (χ0) is 20.2. The quantitative estimate of drug-likeness (QED) is 0.545. The molecule has 5 rings (SSSR count). The van der Waals surface area contributed by atoms with Gasteiger partial charge in [0.2, 0.25) is 18.6 Å². The van der Waals surface area contributed by atoms with Crippen molar-refractivity contribution in [1.29, 1.82) is 0 Å². The molecule has 4 aliphatic heterocycles. The highest BCUT2D eigenvalue weighted by atomic mass is 16.7. The van der Waals surface area contributed by atoms with Crippen LogP contribution in [-0.4, -0.2) is 63.9 Å². The molecule has 154 valence electrons. The number of methoxy groups -OCH3 is 2. The zero-order valence-electron chi connectivity index (χ0n) is 16.1. The molecule has 1 aromatic rings. The second-order valence-electron chi connectivity index (χ2n) is 7.51. The number of anilines is 1. The average molecular weight is 402 g/mol. The van der Waals surface area contributed by atoms with E-state index in [1.807, 2.05) is 18.2 Å². The van der Waals surface area contributed by atoms with Crippen molar-refractivity contribution in [3.63, 3.8) is 0 Å². The van der Waals surface area contributed by atoms with E-state index in [2.05, 4.69) is 5.32 Å². The number of carbonyl (C=O) groups excluding carboxylic acids is 2. The van der Waals surface area contributed by atoms with E-state index in [-0.39, 0.29) is 25.2 Å². The average Bonchev–Trinajstić information content (AvgIpc) is 3.48. The van der Waals surface area contributed by atoms with Crippen LogP contribution in [0.15, 0.2) is 30.4 Å². The van der Waals surface area contributed by atoms with E-state index in [9.17, 15) is 9.59 Å². The van der Waals surface area contributed by atoms with Crippen LogP contribution in [-0.2, 0) is 23.8 Å². The van der Waals surface area contributed by atoms with Gasteiger partial charge in [0.05, 0.1) is 31.0 Å². The number of nitrogens with zero attached hydrogens (tertiary/aromatic N) is 1. The molecule has 0 radical (unpaired) electrons. The summed E-state index contributed by atoms with van der Waals surface area (Å²) in [5.74, 6) is -0.298. The van der Waals surface area contributed by atoms with Gasteiger partial charge in [0, 0.05) is 26.0 Å². The molecule has 1 aromatic carbocycles. The van der Waals surface area contributed by atoms with Crippen LogP contribution in [0.5, 0.6) is 11.5 Å². The van der Waals surface area contributed by atoms with E-state index in [1.54, 1.807) is 17.0 Å². The van der Waals surface area contributed by atoms with E-state index in [0.717, 1.165) is 0 Å². The molecule has 4 atom stereocenters. The van der Waals surface area contributed by atoms with Crippen molar-refractivity contribution in [1.82, 2.24) is 5.32 Å². The number of ether oxygens (including phenoxy) is 5. The molecule has 29 heavy (non-hydrogen) atoms. The highest BCUT2D eigenvalue weighted by molar-refractivity contribution is 6.03. The molecule has 0 aromatic heterocycles. The lowest BCUT2D eigenvalue weighted by Gasteiger charge is -2.24. The summed E-state index contributed by atoms with van der Waals surface area (Å²) in [7, 11) is 3.00. The van der Waals surface area contributed by atoms with Gasteiger partial charge in [-0.15, -0.1) is 0 Å². The second-order valence-corrected chi connectivity index (χ2v) is 7.51. The molecular weight excluding hydrogens is 380 g/mol. The van der Waals surface area contributed by atoms with E-state index < -0.39 is 29.8 Å². The highest BCUT2D eigenvalue weighted by Gasteiger charge is 2.67. The Labute approximate surface area is 167 Å². The van der Waals surface area contributed by atoms with Crippen LogP contribution in [0.25, 0.3) is 0 Å². The SMILES string of the molecule is COC(CNC(=O)[C@H]1[C@H]2C=C[C@@]3(CN(c4ccc5c(c4)OCO5)C(=O)[C@@H]13)O2)OC. The van der Waals surface area contributed by atoms with Crippen LogP contribution in [0.1, 0.15) is 0 Å². The van der Waals surface area contributed by atoms with E-state index >= 15 is 0 Å². The molecule has 1 spiro atoms. The van der Waals surface area contributed by atoms with Gasteiger partial charge in [-0.1, -0.05) is 12.2 Å². The minimum Gasteiger partial charge on any atom is -0.454 e. The Morgan fingerprint density at radius 1 is 1.31 bits per heavy atom. The van der Waals surface area contributed by atoms with Crippen molar-refractivity contribution in [3.8, 4) is 11.5 Å². The van der Waals surface area contributed by atoms with Crippen molar-refractivity contribution >= 4 is 17.5 Å². The van der Waals surface area contributed by atoms with Gasteiger partial charge >= 0.3 is 0 Å². The molecule has 9 nitrogen and oxygen atoms in total. The van der Waals surface area contributed by atoms with Crippen molar-refractivity contribution in [2.45, 2.75) is 18.0 Å². The Hall–Kier alpha value is -2.62. The predicted molar refractivity (Wildman–Crippen MR) is 99.5 cm³/mol. The Morgan fingerprint density at radius 2 is 2.10 bits per heavy atom. The van der Waals surface area contributed by atoms with Gasteiger partial charge in [0.15, 0.2) is 17.8 Å². The molecule has 4 heterocycles. The maximum absolute atomic E-state index is 13.3. The first kappa shape index (κ1) is 18.4. The molecule has 2 amide bonds. The fourth-order valence-electron chi connectivity index (χ4n) is 4.63. The van der Waals surface area contributed by atoms with Crippen LogP contribution in [0.3, 0.4) is 0 Å². The molecule has 2 saturated heterocycles. The molecule has 2 bridgehead atoms. The second kappa shape index (κ2) is 6.72. The molecular formula is C20H22N2O7. The smallest absolute Gasteiger partial charge is 0.234 e. The van der Waals surface area contributed by atoms with Crippen molar-refractivity contribution < 1.29 is 33.3 Å². The number of fused-ring (bicyclic) bond motifs is 2. The molecule has 2 fully saturated rings. The van der Waals surface area contributed by atoms with Gasteiger partial charge in [-0.3, -0.25) is 9.59 Å². The summed E-state index contributed by atoms with van der Waals surface area (Å²) in [5.41, 5.74) is -0.0938. The van der Waals surface area contributed by atoms with Gasteiger partial charge in [-0.05, 0) is 12.1 Å². The third-order valence-corrected chi connectivity index (χ3v) is 6.04. The number of nitrogens with one attached hydrogen (secondary N) is 1. The molecule has 4 aliphatic rings. The minimum absolute atomic E-state index is 0.133. The Kier molecular flexibility index (Phi) is 4.27. The summed E-state index contributed by atoms with van der Waals surface area (Å²) in [4.78, 5) is 27.9.